The molecule has 1 fully saturated rings. The van der Waals surface area contributed by atoms with E-state index in [1.807, 2.05) is 0 Å². The van der Waals surface area contributed by atoms with E-state index in [4.69, 9.17) is 0 Å². The van der Waals surface area contributed by atoms with Crippen molar-refractivity contribution in [1.82, 2.24) is 4.90 Å². The zero-order chi connectivity index (χ0) is 14.0. The van der Waals surface area contributed by atoms with Crippen molar-refractivity contribution in [3.05, 3.63) is 34.9 Å². The lowest BCUT2D eigenvalue weighted by Gasteiger charge is -2.27. The largest absolute Gasteiger partial charge is 0.387 e. The number of hydrogen-bond donors (Lipinski definition) is 1. The maximum Gasteiger partial charge on any atom is 0.0917 e. The maximum absolute atomic E-state index is 10.5. The van der Waals surface area contributed by atoms with Crippen molar-refractivity contribution >= 4 is 0 Å². The van der Waals surface area contributed by atoms with Crippen molar-refractivity contribution in [2.24, 2.45) is 5.92 Å². The summed E-state index contributed by atoms with van der Waals surface area (Å²) in [5.74, 6) is 0.660. The molecule has 1 N–H and O–H groups in total. The first-order valence-corrected chi connectivity index (χ1v) is 7.46. The third-order valence-electron chi connectivity index (χ3n) is 3.99. The molecule has 2 rings (SSSR count). The molecule has 0 spiro atoms. The first kappa shape index (κ1) is 14.5. The molecule has 0 bridgehead atoms. The summed E-state index contributed by atoms with van der Waals surface area (Å²) in [6, 6.07) is 7.01. The predicted molar refractivity (Wildman–Crippen MR) is 80.3 cm³/mol. The topological polar surface area (TPSA) is 23.5 Å². The van der Waals surface area contributed by atoms with Crippen LogP contribution in [0.5, 0.6) is 0 Å². The second-order valence-electron chi connectivity index (χ2n) is 6.44. The molecule has 0 amide bonds. The molecule has 1 unspecified atom stereocenters. The van der Waals surface area contributed by atoms with Crippen LogP contribution < -0.4 is 0 Å². The molecule has 1 atom stereocenters. The van der Waals surface area contributed by atoms with E-state index >= 15 is 0 Å². The molecule has 0 saturated heterocycles. The van der Waals surface area contributed by atoms with Gasteiger partial charge in [-0.2, -0.15) is 0 Å². The Hall–Kier alpha value is -0.860. The first-order valence-electron chi connectivity index (χ1n) is 7.46. The third-order valence-corrected chi connectivity index (χ3v) is 3.99. The molecule has 106 valence electrons. The van der Waals surface area contributed by atoms with E-state index in [0.717, 1.165) is 18.7 Å². The van der Waals surface area contributed by atoms with Gasteiger partial charge in [0.1, 0.15) is 0 Å². The third kappa shape index (κ3) is 4.05. The highest BCUT2D eigenvalue weighted by atomic mass is 16.3. The van der Waals surface area contributed by atoms with Gasteiger partial charge in [0.15, 0.2) is 0 Å². The summed E-state index contributed by atoms with van der Waals surface area (Å²) >= 11 is 0. The second-order valence-corrected chi connectivity index (χ2v) is 6.44. The van der Waals surface area contributed by atoms with Gasteiger partial charge >= 0.3 is 0 Å². The van der Waals surface area contributed by atoms with Gasteiger partial charge < -0.3 is 5.11 Å². The van der Waals surface area contributed by atoms with Crippen molar-refractivity contribution < 1.29 is 5.11 Å². The van der Waals surface area contributed by atoms with Crippen LogP contribution in [0.1, 0.15) is 49.5 Å². The molecule has 1 aliphatic rings. The standard InChI is InChI=1S/C17H27NO/c1-12(2)10-18(16-7-8-16)11-17(19)15-6-5-13(3)14(4)9-15/h5-6,9,12,16-17,19H,7-8,10-11H2,1-4H3. The van der Waals surface area contributed by atoms with Gasteiger partial charge in [-0.1, -0.05) is 32.0 Å². The summed E-state index contributed by atoms with van der Waals surface area (Å²) in [5.41, 5.74) is 3.60. The predicted octanol–water partition coefficient (Wildman–Crippen LogP) is 3.46. The molecule has 1 saturated carbocycles. The Balaban J connectivity index is 2.01. The average Bonchev–Trinajstić information content (AvgIpc) is 3.15. The fourth-order valence-electron chi connectivity index (χ4n) is 2.58. The second kappa shape index (κ2) is 6.06. The van der Waals surface area contributed by atoms with Gasteiger partial charge in [0.05, 0.1) is 6.10 Å². The zero-order valence-corrected chi connectivity index (χ0v) is 12.7. The summed E-state index contributed by atoms with van der Waals surface area (Å²) in [4.78, 5) is 2.46. The SMILES string of the molecule is Cc1ccc(C(O)CN(CC(C)C)C2CC2)cc1C. The van der Waals surface area contributed by atoms with Gasteiger partial charge in [0.2, 0.25) is 0 Å². The van der Waals surface area contributed by atoms with Crippen molar-refractivity contribution in [3.8, 4) is 0 Å². The first-order chi connectivity index (χ1) is 8.97. The van der Waals surface area contributed by atoms with E-state index in [0.29, 0.717) is 12.0 Å². The minimum absolute atomic E-state index is 0.362. The number of aliphatic hydroxyl groups is 1. The van der Waals surface area contributed by atoms with Gasteiger partial charge in [-0.25, -0.2) is 0 Å². The molecular formula is C17H27NO. The Labute approximate surface area is 117 Å². The Morgan fingerprint density at radius 1 is 1.16 bits per heavy atom. The van der Waals surface area contributed by atoms with Crippen molar-refractivity contribution in [2.45, 2.75) is 52.7 Å². The van der Waals surface area contributed by atoms with Gasteiger partial charge in [-0.15, -0.1) is 0 Å². The van der Waals surface area contributed by atoms with Crippen LogP contribution in [0.15, 0.2) is 18.2 Å². The number of benzene rings is 1. The number of aliphatic hydroxyl groups excluding tert-OH is 1. The number of hydrogen-bond acceptors (Lipinski definition) is 2. The maximum atomic E-state index is 10.5. The van der Waals surface area contributed by atoms with E-state index < -0.39 is 0 Å². The van der Waals surface area contributed by atoms with Crippen LogP contribution in [0.3, 0.4) is 0 Å². The van der Waals surface area contributed by atoms with Crippen molar-refractivity contribution in [3.63, 3.8) is 0 Å². The van der Waals surface area contributed by atoms with Crippen LogP contribution in [0, 0.1) is 19.8 Å². The highest BCUT2D eigenvalue weighted by Crippen LogP contribution is 2.29. The Kier molecular flexibility index (Phi) is 4.64. The average molecular weight is 261 g/mol. The fourth-order valence-corrected chi connectivity index (χ4v) is 2.58. The molecule has 19 heavy (non-hydrogen) atoms. The Bertz CT molecular complexity index is 423. The Morgan fingerprint density at radius 2 is 1.84 bits per heavy atom. The summed E-state index contributed by atoms with van der Waals surface area (Å²) in [6.45, 7) is 10.6. The quantitative estimate of drug-likeness (QED) is 0.847. The Morgan fingerprint density at radius 3 is 2.37 bits per heavy atom. The highest BCUT2D eigenvalue weighted by Gasteiger charge is 2.30. The normalized spacial score (nSPS) is 17.2. The molecule has 0 aromatic heterocycles. The molecular weight excluding hydrogens is 234 g/mol. The summed E-state index contributed by atoms with van der Waals surface area (Å²) in [7, 11) is 0. The molecule has 0 aliphatic heterocycles. The van der Waals surface area contributed by atoms with Gasteiger partial charge in [-0.05, 0) is 49.3 Å². The highest BCUT2D eigenvalue weighted by molar-refractivity contribution is 5.31. The van der Waals surface area contributed by atoms with E-state index in [9.17, 15) is 5.11 Å². The minimum Gasteiger partial charge on any atom is -0.387 e. The minimum atomic E-state index is -0.362. The molecule has 1 aliphatic carbocycles. The van der Waals surface area contributed by atoms with Crippen LogP contribution in [0.4, 0.5) is 0 Å². The van der Waals surface area contributed by atoms with Crippen LogP contribution in [-0.2, 0) is 0 Å². The summed E-state index contributed by atoms with van der Waals surface area (Å²) in [6.07, 6.45) is 2.23. The number of aryl methyl sites for hydroxylation is 2. The lowest BCUT2D eigenvalue weighted by atomic mass is 10.0. The molecule has 2 nitrogen and oxygen atoms in total. The molecule has 1 aromatic carbocycles. The van der Waals surface area contributed by atoms with Crippen LogP contribution in [-0.4, -0.2) is 29.1 Å². The van der Waals surface area contributed by atoms with E-state index in [-0.39, 0.29) is 6.10 Å². The van der Waals surface area contributed by atoms with Crippen LogP contribution >= 0.6 is 0 Å². The fraction of sp³-hybridized carbons (Fsp3) is 0.647. The lowest BCUT2D eigenvalue weighted by molar-refractivity contribution is 0.101. The van der Waals surface area contributed by atoms with E-state index in [1.54, 1.807) is 0 Å². The zero-order valence-electron chi connectivity index (χ0n) is 12.7. The molecule has 0 heterocycles. The van der Waals surface area contributed by atoms with Gasteiger partial charge in [0, 0.05) is 19.1 Å². The summed E-state index contributed by atoms with van der Waals surface area (Å²) in [5, 5.41) is 10.5. The van der Waals surface area contributed by atoms with Gasteiger partial charge in [-0.3, -0.25) is 4.90 Å². The molecule has 2 heteroatoms. The summed E-state index contributed by atoms with van der Waals surface area (Å²) < 4.78 is 0. The van der Waals surface area contributed by atoms with E-state index in [1.165, 1.54) is 24.0 Å². The number of rotatable bonds is 6. The van der Waals surface area contributed by atoms with Crippen molar-refractivity contribution in [2.75, 3.05) is 13.1 Å². The smallest absolute Gasteiger partial charge is 0.0917 e. The van der Waals surface area contributed by atoms with Crippen molar-refractivity contribution in [1.29, 1.82) is 0 Å². The van der Waals surface area contributed by atoms with E-state index in [2.05, 4.69) is 50.8 Å². The number of nitrogens with zero attached hydrogens (tertiary/aromatic N) is 1. The van der Waals surface area contributed by atoms with Crippen LogP contribution in [0.25, 0.3) is 0 Å². The molecule has 1 aromatic rings. The molecule has 0 radical (unpaired) electrons. The van der Waals surface area contributed by atoms with Crippen LogP contribution in [0.2, 0.25) is 0 Å². The lowest BCUT2D eigenvalue weighted by Crippen LogP contribution is -2.34. The van der Waals surface area contributed by atoms with Gasteiger partial charge in [0.25, 0.3) is 0 Å². The monoisotopic (exact) mass is 261 g/mol.